The van der Waals surface area contributed by atoms with E-state index in [4.69, 9.17) is 0 Å². The van der Waals surface area contributed by atoms with Gasteiger partial charge in [0.15, 0.2) is 0 Å². The number of aromatic nitrogens is 3. The molecule has 2 aromatic heterocycles. The van der Waals surface area contributed by atoms with Crippen molar-refractivity contribution in [3.05, 3.63) is 112 Å². The largest absolute Gasteiger partial charge is 0.336 e. The molecule has 0 radical (unpaired) electrons. The van der Waals surface area contributed by atoms with Gasteiger partial charge < -0.3 is 9.47 Å². The second-order valence-corrected chi connectivity index (χ2v) is 8.93. The highest BCUT2D eigenvalue weighted by atomic mass is 19.1. The van der Waals surface area contributed by atoms with Crippen LogP contribution in [-0.4, -0.2) is 31.7 Å². The average Bonchev–Trinajstić information content (AvgIpc) is 3.20. The maximum absolute atomic E-state index is 13.6. The van der Waals surface area contributed by atoms with E-state index in [0.29, 0.717) is 25.2 Å². The summed E-state index contributed by atoms with van der Waals surface area (Å²) >= 11 is 0. The molecule has 0 atom stereocenters. The van der Waals surface area contributed by atoms with Crippen LogP contribution < -0.4 is 5.56 Å². The molecule has 5 aromatic rings. The van der Waals surface area contributed by atoms with Crippen LogP contribution in [0.15, 0.2) is 83.8 Å². The minimum absolute atomic E-state index is 0.116. The first-order valence-electron chi connectivity index (χ1n) is 11.6. The van der Waals surface area contributed by atoms with Crippen molar-refractivity contribution in [1.82, 2.24) is 19.2 Å². The highest BCUT2D eigenvalue weighted by molar-refractivity contribution is 6.07. The van der Waals surface area contributed by atoms with Crippen LogP contribution in [0.2, 0.25) is 0 Å². The molecule has 7 heteroatoms. The summed E-state index contributed by atoms with van der Waals surface area (Å²) < 4.78 is 16.6. The van der Waals surface area contributed by atoms with Crippen molar-refractivity contribution in [1.29, 1.82) is 0 Å². The molecule has 6 nitrogen and oxygen atoms in total. The Labute approximate surface area is 200 Å². The molecule has 0 unspecified atom stereocenters. The Morgan fingerprint density at radius 2 is 1.66 bits per heavy atom. The summed E-state index contributed by atoms with van der Waals surface area (Å²) in [6.45, 7) is 1.45. The third-order valence-corrected chi connectivity index (χ3v) is 6.80. The monoisotopic (exact) mass is 466 g/mol. The number of hydrogen-bond acceptors (Lipinski definition) is 3. The SMILES string of the molecule is O=C(Cn1ncc2c3ccccc3n(Cc3ccc(F)cc3)c2c1=O)N1CCc2ccccc2C1. The molecule has 0 fully saturated rings. The molecule has 0 bridgehead atoms. The zero-order valence-electron chi connectivity index (χ0n) is 19.0. The van der Waals surface area contributed by atoms with Crippen LogP contribution >= 0.6 is 0 Å². The van der Waals surface area contributed by atoms with Crippen molar-refractivity contribution in [3.63, 3.8) is 0 Å². The number of para-hydroxylation sites is 1. The highest BCUT2D eigenvalue weighted by Gasteiger charge is 2.22. The maximum atomic E-state index is 13.6. The Kier molecular flexibility index (Phi) is 5.17. The predicted molar refractivity (Wildman–Crippen MR) is 133 cm³/mol. The van der Waals surface area contributed by atoms with Gasteiger partial charge in [-0.2, -0.15) is 5.10 Å². The Balaban J connectivity index is 1.38. The van der Waals surface area contributed by atoms with E-state index in [1.54, 1.807) is 23.2 Å². The zero-order chi connectivity index (χ0) is 23.9. The number of nitrogens with zero attached hydrogens (tertiary/aromatic N) is 4. The number of hydrogen-bond donors (Lipinski definition) is 0. The third-order valence-electron chi connectivity index (χ3n) is 6.80. The van der Waals surface area contributed by atoms with Crippen LogP contribution in [0.25, 0.3) is 21.8 Å². The lowest BCUT2D eigenvalue weighted by Gasteiger charge is -2.28. The molecule has 0 N–H and O–H groups in total. The Hall–Kier alpha value is -4.26. The van der Waals surface area contributed by atoms with Crippen LogP contribution in [0.5, 0.6) is 0 Å². The standard InChI is InChI=1S/C28H23FN4O2/c29-22-11-9-19(10-12-22)16-32-25-8-4-3-7-23(25)24-15-30-33(28(35)27(24)32)18-26(34)31-14-13-20-5-1-2-6-21(20)17-31/h1-12,15H,13-14,16-18H2. The van der Waals surface area contributed by atoms with Crippen LogP contribution in [0.3, 0.4) is 0 Å². The van der Waals surface area contributed by atoms with Gasteiger partial charge in [0, 0.05) is 35.9 Å². The van der Waals surface area contributed by atoms with Gasteiger partial charge in [0.2, 0.25) is 5.91 Å². The van der Waals surface area contributed by atoms with Gasteiger partial charge in [-0.1, -0.05) is 54.6 Å². The van der Waals surface area contributed by atoms with E-state index in [1.807, 2.05) is 47.0 Å². The van der Waals surface area contributed by atoms with Gasteiger partial charge >= 0.3 is 0 Å². The van der Waals surface area contributed by atoms with Crippen molar-refractivity contribution in [2.45, 2.75) is 26.1 Å². The summed E-state index contributed by atoms with van der Waals surface area (Å²) in [5.41, 5.74) is 4.34. The van der Waals surface area contributed by atoms with Crippen LogP contribution in [0.4, 0.5) is 4.39 Å². The molecule has 1 amide bonds. The lowest BCUT2D eigenvalue weighted by molar-refractivity contribution is -0.133. The van der Waals surface area contributed by atoms with Gasteiger partial charge in [-0.3, -0.25) is 9.59 Å². The lowest BCUT2D eigenvalue weighted by atomic mass is 10.00. The lowest BCUT2D eigenvalue weighted by Crippen LogP contribution is -2.40. The van der Waals surface area contributed by atoms with Gasteiger partial charge in [-0.15, -0.1) is 0 Å². The first-order chi connectivity index (χ1) is 17.1. The summed E-state index contributed by atoms with van der Waals surface area (Å²) in [4.78, 5) is 28.5. The molecular formula is C28H23FN4O2. The maximum Gasteiger partial charge on any atom is 0.291 e. The second kappa shape index (κ2) is 8.51. The van der Waals surface area contributed by atoms with E-state index in [-0.39, 0.29) is 23.8 Å². The average molecular weight is 467 g/mol. The first-order valence-corrected chi connectivity index (χ1v) is 11.6. The van der Waals surface area contributed by atoms with E-state index >= 15 is 0 Å². The first kappa shape index (κ1) is 21.3. The van der Waals surface area contributed by atoms with Crippen LogP contribution in [-0.2, 0) is 30.8 Å². The van der Waals surface area contributed by atoms with E-state index in [9.17, 15) is 14.0 Å². The third kappa shape index (κ3) is 3.79. The van der Waals surface area contributed by atoms with E-state index in [0.717, 1.165) is 33.8 Å². The topological polar surface area (TPSA) is 60.1 Å². The van der Waals surface area contributed by atoms with Gasteiger partial charge in [0.05, 0.1) is 6.20 Å². The summed E-state index contributed by atoms with van der Waals surface area (Å²) in [5.74, 6) is -0.434. The van der Waals surface area contributed by atoms with Crippen molar-refractivity contribution in [2.75, 3.05) is 6.54 Å². The Morgan fingerprint density at radius 3 is 2.49 bits per heavy atom. The summed E-state index contributed by atoms with van der Waals surface area (Å²) in [6.07, 6.45) is 2.47. The van der Waals surface area contributed by atoms with E-state index in [1.165, 1.54) is 22.4 Å². The van der Waals surface area contributed by atoms with E-state index in [2.05, 4.69) is 11.2 Å². The Morgan fingerprint density at radius 1 is 0.914 bits per heavy atom. The normalized spacial score (nSPS) is 13.3. The molecule has 0 spiro atoms. The van der Waals surface area contributed by atoms with Crippen LogP contribution in [0, 0.1) is 5.82 Å². The van der Waals surface area contributed by atoms with Gasteiger partial charge in [-0.05, 0) is 41.3 Å². The molecule has 1 aliphatic heterocycles. The fourth-order valence-corrected chi connectivity index (χ4v) is 4.98. The van der Waals surface area contributed by atoms with Gasteiger partial charge in [-0.25, -0.2) is 9.07 Å². The number of fused-ring (bicyclic) bond motifs is 4. The van der Waals surface area contributed by atoms with Crippen molar-refractivity contribution in [2.24, 2.45) is 0 Å². The highest BCUT2D eigenvalue weighted by Crippen LogP contribution is 2.27. The molecule has 174 valence electrons. The number of rotatable bonds is 4. The number of benzene rings is 3. The zero-order valence-corrected chi connectivity index (χ0v) is 19.0. The van der Waals surface area contributed by atoms with Crippen molar-refractivity contribution in [3.8, 4) is 0 Å². The molecule has 3 heterocycles. The van der Waals surface area contributed by atoms with Gasteiger partial charge in [0.25, 0.3) is 5.56 Å². The number of carbonyl (C=O) groups excluding carboxylic acids is 1. The molecular weight excluding hydrogens is 443 g/mol. The number of halogens is 1. The Bertz CT molecular complexity index is 1640. The molecule has 1 aliphatic rings. The predicted octanol–water partition coefficient (Wildman–Crippen LogP) is 4.12. The fraction of sp³-hybridized carbons (Fsp3) is 0.179. The minimum atomic E-state index is -0.313. The quantitative estimate of drug-likeness (QED) is 0.400. The number of carbonyl (C=O) groups is 1. The van der Waals surface area contributed by atoms with E-state index < -0.39 is 0 Å². The molecule has 0 saturated carbocycles. The van der Waals surface area contributed by atoms with Crippen LogP contribution in [0.1, 0.15) is 16.7 Å². The molecule has 0 saturated heterocycles. The fourth-order valence-electron chi connectivity index (χ4n) is 4.98. The van der Waals surface area contributed by atoms with Crippen molar-refractivity contribution < 1.29 is 9.18 Å². The molecule has 6 rings (SSSR count). The second-order valence-electron chi connectivity index (χ2n) is 8.93. The molecule has 0 aliphatic carbocycles. The van der Waals surface area contributed by atoms with Crippen molar-refractivity contribution >= 4 is 27.7 Å². The number of amides is 1. The summed E-state index contributed by atoms with van der Waals surface area (Å²) in [6, 6.07) is 22.2. The van der Waals surface area contributed by atoms with Gasteiger partial charge in [0.1, 0.15) is 17.9 Å². The summed E-state index contributed by atoms with van der Waals surface area (Å²) in [7, 11) is 0. The minimum Gasteiger partial charge on any atom is -0.336 e. The molecule has 3 aromatic carbocycles. The molecule has 35 heavy (non-hydrogen) atoms. The summed E-state index contributed by atoms with van der Waals surface area (Å²) in [5, 5.41) is 6.02. The smallest absolute Gasteiger partial charge is 0.291 e.